The molecule has 0 spiro atoms. The molecule has 0 radical (unpaired) electrons. The Hall–Kier alpha value is -1.80. The van der Waals surface area contributed by atoms with Crippen molar-refractivity contribution in [3.63, 3.8) is 0 Å². The predicted octanol–water partition coefficient (Wildman–Crippen LogP) is 1.21. The van der Waals surface area contributed by atoms with E-state index < -0.39 is 9.84 Å². The number of hydrogen-bond donors (Lipinski definition) is 2. The van der Waals surface area contributed by atoms with E-state index >= 15 is 0 Å². The maximum Gasteiger partial charge on any atom is 0.191 e. The third-order valence-corrected chi connectivity index (χ3v) is 5.27. The summed E-state index contributed by atoms with van der Waals surface area (Å²) in [6.45, 7) is 0. The van der Waals surface area contributed by atoms with Crippen LogP contribution in [0.15, 0.2) is 46.5 Å². The molecule has 0 aliphatic rings. The van der Waals surface area contributed by atoms with E-state index in [1.165, 1.54) is 17.8 Å². The van der Waals surface area contributed by atoms with Crippen molar-refractivity contribution in [2.45, 2.75) is 10.1 Å². The average molecular weight is 310 g/mol. The molecule has 0 atom stereocenters. The quantitative estimate of drug-likeness (QED) is 0.630. The van der Waals surface area contributed by atoms with Crippen molar-refractivity contribution in [3.05, 3.63) is 36.4 Å². The molecule has 20 heavy (non-hydrogen) atoms. The molecule has 8 heteroatoms. The minimum atomic E-state index is -3.29. The van der Waals surface area contributed by atoms with E-state index in [4.69, 9.17) is 11.5 Å². The van der Waals surface area contributed by atoms with Gasteiger partial charge in [-0.2, -0.15) is 0 Å². The third-order valence-electron chi connectivity index (χ3n) is 2.43. The second kappa shape index (κ2) is 6.10. The fourth-order valence-electron chi connectivity index (χ4n) is 1.51. The van der Waals surface area contributed by atoms with Gasteiger partial charge in [0.2, 0.25) is 0 Å². The summed E-state index contributed by atoms with van der Waals surface area (Å²) < 4.78 is 24.1. The predicted molar refractivity (Wildman–Crippen MR) is 80.1 cm³/mol. The maximum atomic E-state index is 12.1. The highest BCUT2D eigenvalue weighted by atomic mass is 32.2. The molecule has 0 fully saturated rings. The number of nitrogen functional groups attached to an aromatic ring is 2. The maximum absolute atomic E-state index is 12.1. The molecule has 0 saturated heterocycles. The van der Waals surface area contributed by atoms with Crippen LogP contribution in [0.25, 0.3) is 0 Å². The van der Waals surface area contributed by atoms with Crippen LogP contribution in [-0.4, -0.2) is 29.9 Å². The van der Waals surface area contributed by atoms with E-state index in [-0.39, 0.29) is 17.4 Å². The van der Waals surface area contributed by atoms with Crippen LogP contribution in [0.5, 0.6) is 0 Å². The Morgan fingerprint density at radius 3 is 2.25 bits per heavy atom. The lowest BCUT2D eigenvalue weighted by atomic mass is 10.4. The summed E-state index contributed by atoms with van der Waals surface area (Å²) in [4.78, 5) is 8.28. The third kappa shape index (κ3) is 3.84. The number of thioether (sulfide) groups is 1. The molecular formula is C12H14N4O2S2. The number of nitrogens with two attached hydrogens (primary N) is 2. The smallest absolute Gasteiger partial charge is 0.191 e. The standard InChI is InChI=1S/C12H14N4O2S2/c13-10-8-11(14)16-12(15-10)19-6-7-20(17,18)9-4-2-1-3-5-9/h1-5,8H,6-7H2,(H4,13,14,15,16). The van der Waals surface area contributed by atoms with Gasteiger partial charge in [-0.1, -0.05) is 30.0 Å². The SMILES string of the molecule is Nc1cc(N)nc(SCCS(=O)(=O)c2ccccc2)n1. The Morgan fingerprint density at radius 2 is 1.65 bits per heavy atom. The lowest BCUT2D eigenvalue weighted by Crippen LogP contribution is -2.09. The van der Waals surface area contributed by atoms with Crippen molar-refractivity contribution in [1.29, 1.82) is 0 Å². The van der Waals surface area contributed by atoms with Crippen LogP contribution >= 0.6 is 11.8 Å². The van der Waals surface area contributed by atoms with Crippen molar-refractivity contribution in [2.75, 3.05) is 23.0 Å². The van der Waals surface area contributed by atoms with Gasteiger partial charge in [0, 0.05) is 11.8 Å². The van der Waals surface area contributed by atoms with E-state index in [0.717, 1.165) is 0 Å². The minimum absolute atomic E-state index is 0.000254. The molecule has 106 valence electrons. The molecule has 6 nitrogen and oxygen atoms in total. The van der Waals surface area contributed by atoms with Gasteiger partial charge in [-0.05, 0) is 12.1 Å². The van der Waals surface area contributed by atoms with Gasteiger partial charge in [0.05, 0.1) is 10.6 Å². The number of aromatic nitrogens is 2. The number of sulfone groups is 1. The van der Waals surface area contributed by atoms with Gasteiger partial charge < -0.3 is 11.5 Å². The lowest BCUT2D eigenvalue weighted by molar-refractivity contribution is 0.597. The number of rotatable bonds is 5. The van der Waals surface area contributed by atoms with Crippen molar-refractivity contribution >= 4 is 33.2 Å². The molecule has 2 aromatic rings. The second-order valence-electron chi connectivity index (χ2n) is 3.98. The molecule has 1 aromatic carbocycles. The summed E-state index contributed by atoms with van der Waals surface area (Å²) in [5, 5.41) is 0.380. The Bertz CT molecular complexity index is 670. The van der Waals surface area contributed by atoms with Crippen LogP contribution in [0.1, 0.15) is 0 Å². The molecule has 1 aromatic heterocycles. The van der Waals surface area contributed by atoms with E-state index in [0.29, 0.717) is 15.8 Å². The lowest BCUT2D eigenvalue weighted by Gasteiger charge is -2.04. The summed E-state index contributed by atoms with van der Waals surface area (Å²) in [6, 6.07) is 9.77. The highest BCUT2D eigenvalue weighted by Gasteiger charge is 2.14. The number of anilines is 2. The van der Waals surface area contributed by atoms with E-state index in [2.05, 4.69) is 9.97 Å². The molecule has 0 bridgehead atoms. The van der Waals surface area contributed by atoms with Gasteiger partial charge in [-0.25, -0.2) is 18.4 Å². The largest absolute Gasteiger partial charge is 0.383 e. The topological polar surface area (TPSA) is 112 Å². The Kier molecular flexibility index (Phi) is 4.46. The molecule has 0 amide bonds. The summed E-state index contributed by atoms with van der Waals surface area (Å²) in [5.41, 5.74) is 11.1. The van der Waals surface area contributed by atoms with Gasteiger partial charge in [-0.3, -0.25) is 0 Å². The first-order valence-corrected chi connectivity index (χ1v) is 8.42. The zero-order chi connectivity index (χ0) is 14.6. The first-order valence-electron chi connectivity index (χ1n) is 5.78. The van der Waals surface area contributed by atoms with Crippen LogP contribution in [0.3, 0.4) is 0 Å². The fraction of sp³-hybridized carbons (Fsp3) is 0.167. The first kappa shape index (κ1) is 14.6. The molecular weight excluding hydrogens is 296 g/mol. The average Bonchev–Trinajstić information content (AvgIpc) is 2.38. The summed E-state index contributed by atoms with van der Waals surface area (Å²) in [5.74, 6) is 0.872. The first-order chi connectivity index (χ1) is 9.47. The van der Waals surface area contributed by atoms with Gasteiger partial charge in [0.25, 0.3) is 0 Å². The van der Waals surface area contributed by atoms with Gasteiger partial charge in [0.1, 0.15) is 11.6 Å². The number of benzene rings is 1. The van der Waals surface area contributed by atoms with E-state index in [1.54, 1.807) is 30.3 Å². The molecule has 4 N–H and O–H groups in total. The van der Waals surface area contributed by atoms with Crippen molar-refractivity contribution in [2.24, 2.45) is 0 Å². The highest BCUT2D eigenvalue weighted by Crippen LogP contribution is 2.18. The number of hydrogen-bond acceptors (Lipinski definition) is 7. The van der Waals surface area contributed by atoms with E-state index in [1.807, 2.05) is 0 Å². The minimum Gasteiger partial charge on any atom is -0.383 e. The van der Waals surface area contributed by atoms with Crippen LogP contribution < -0.4 is 11.5 Å². The summed E-state index contributed by atoms with van der Waals surface area (Å²) >= 11 is 1.21. The summed E-state index contributed by atoms with van der Waals surface area (Å²) in [7, 11) is -3.29. The van der Waals surface area contributed by atoms with Gasteiger partial charge in [0.15, 0.2) is 15.0 Å². The van der Waals surface area contributed by atoms with Crippen molar-refractivity contribution in [3.8, 4) is 0 Å². The normalized spacial score (nSPS) is 11.4. The number of nitrogens with zero attached hydrogens (tertiary/aromatic N) is 2. The Labute approximate surface area is 121 Å². The molecule has 0 aliphatic carbocycles. The fourth-order valence-corrected chi connectivity index (χ4v) is 4.06. The molecule has 0 unspecified atom stereocenters. The molecule has 0 aliphatic heterocycles. The van der Waals surface area contributed by atoms with Crippen molar-refractivity contribution in [1.82, 2.24) is 9.97 Å². The molecule has 0 saturated carbocycles. The van der Waals surface area contributed by atoms with Gasteiger partial charge >= 0.3 is 0 Å². The zero-order valence-corrected chi connectivity index (χ0v) is 12.2. The second-order valence-corrected chi connectivity index (χ2v) is 7.15. The van der Waals surface area contributed by atoms with Crippen LogP contribution in [-0.2, 0) is 9.84 Å². The van der Waals surface area contributed by atoms with E-state index in [9.17, 15) is 8.42 Å². The molecule has 1 heterocycles. The molecule has 2 rings (SSSR count). The van der Waals surface area contributed by atoms with Gasteiger partial charge in [-0.15, -0.1) is 0 Å². The Balaban J connectivity index is 1.99. The van der Waals surface area contributed by atoms with Crippen LogP contribution in [0.4, 0.5) is 11.6 Å². The van der Waals surface area contributed by atoms with Crippen molar-refractivity contribution < 1.29 is 8.42 Å². The van der Waals surface area contributed by atoms with Crippen LogP contribution in [0.2, 0.25) is 0 Å². The summed E-state index contributed by atoms with van der Waals surface area (Å²) in [6.07, 6.45) is 0. The zero-order valence-electron chi connectivity index (χ0n) is 10.6. The van der Waals surface area contributed by atoms with Crippen LogP contribution in [0, 0.1) is 0 Å². The monoisotopic (exact) mass is 310 g/mol. The highest BCUT2D eigenvalue weighted by molar-refractivity contribution is 8.00. The Morgan fingerprint density at radius 1 is 1.05 bits per heavy atom.